The first-order valence-corrected chi connectivity index (χ1v) is 7.69. The number of nitrogens with zero attached hydrogens (tertiary/aromatic N) is 2. The van der Waals surface area contributed by atoms with E-state index >= 15 is 0 Å². The minimum atomic E-state index is -0.332. The molecule has 0 unspecified atom stereocenters. The van der Waals surface area contributed by atoms with Gasteiger partial charge < -0.3 is 5.73 Å². The Labute approximate surface area is 120 Å². The molecule has 106 valence electrons. The van der Waals surface area contributed by atoms with Crippen LogP contribution >= 0.6 is 11.3 Å². The van der Waals surface area contributed by atoms with Crippen molar-refractivity contribution in [2.45, 2.75) is 45.6 Å². The molecule has 0 aliphatic heterocycles. The molecule has 0 aromatic carbocycles. The van der Waals surface area contributed by atoms with Crippen molar-refractivity contribution < 1.29 is 4.79 Å². The van der Waals surface area contributed by atoms with Gasteiger partial charge in [-0.1, -0.05) is 0 Å². The summed E-state index contributed by atoms with van der Waals surface area (Å²) in [5.41, 5.74) is 6.38. The van der Waals surface area contributed by atoms with Gasteiger partial charge in [0.25, 0.3) is 5.56 Å². The van der Waals surface area contributed by atoms with Crippen molar-refractivity contribution in [1.29, 1.82) is 0 Å². The van der Waals surface area contributed by atoms with Crippen LogP contribution in [0.1, 0.15) is 35.5 Å². The van der Waals surface area contributed by atoms with Crippen LogP contribution in [0, 0.1) is 6.92 Å². The Morgan fingerprint density at radius 1 is 1.45 bits per heavy atom. The molecule has 0 spiro atoms. The molecule has 2 N–H and O–H groups in total. The first-order chi connectivity index (χ1) is 9.58. The summed E-state index contributed by atoms with van der Waals surface area (Å²) in [6.07, 6.45) is 4.06. The number of nitrogens with two attached hydrogens (primary N) is 1. The van der Waals surface area contributed by atoms with Crippen molar-refractivity contribution in [3.63, 3.8) is 0 Å². The smallest absolute Gasteiger partial charge is 0.262 e. The lowest BCUT2D eigenvalue weighted by Crippen LogP contribution is -2.24. The van der Waals surface area contributed by atoms with Crippen LogP contribution in [-0.2, 0) is 24.2 Å². The molecule has 6 heteroatoms. The van der Waals surface area contributed by atoms with Gasteiger partial charge in [0.15, 0.2) is 0 Å². The molecule has 0 bridgehead atoms. The first-order valence-electron chi connectivity index (χ1n) is 6.88. The normalized spacial score (nSPS) is 13.8. The van der Waals surface area contributed by atoms with Crippen molar-refractivity contribution in [3.05, 3.63) is 26.6 Å². The third kappa shape index (κ3) is 2.14. The summed E-state index contributed by atoms with van der Waals surface area (Å²) in [7, 11) is 0. The number of carbonyl (C=O) groups is 1. The van der Waals surface area contributed by atoms with E-state index in [1.54, 1.807) is 15.9 Å². The summed E-state index contributed by atoms with van der Waals surface area (Å²) in [5.74, 6) is 0.382. The zero-order chi connectivity index (χ0) is 14.3. The van der Waals surface area contributed by atoms with E-state index < -0.39 is 0 Å². The highest BCUT2D eigenvalue weighted by Crippen LogP contribution is 2.34. The molecule has 1 amide bonds. The van der Waals surface area contributed by atoms with Gasteiger partial charge in [0.2, 0.25) is 5.91 Å². The van der Waals surface area contributed by atoms with E-state index in [1.165, 1.54) is 10.4 Å². The topological polar surface area (TPSA) is 78.0 Å². The molecule has 1 aliphatic carbocycles. The molecule has 20 heavy (non-hydrogen) atoms. The molecule has 2 aromatic rings. The third-order valence-electron chi connectivity index (χ3n) is 3.82. The Bertz CT molecular complexity index is 745. The van der Waals surface area contributed by atoms with Crippen molar-refractivity contribution in [1.82, 2.24) is 9.55 Å². The maximum absolute atomic E-state index is 12.7. The highest BCUT2D eigenvalue weighted by molar-refractivity contribution is 7.18. The van der Waals surface area contributed by atoms with Gasteiger partial charge in [-0.3, -0.25) is 14.2 Å². The number of fused-ring (bicyclic) bond motifs is 3. The first kappa shape index (κ1) is 13.3. The molecule has 1 aliphatic rings. The van der Waals surface area contributed by atoms with Crippen molar-refractivity contribution in [2.24, 2.45) is 5.73 Å². The fourth-order valence-electron chi connectivity index (χ4n) is 2.85. The van der Waals surface area contributed by atoms with E-state index in [9.17, 15) is 9.59 Å². The Morgan fingerprint density at radius 3 is 3.00 bits per heavy atom. The van der Waals surface area contributed by atoms with Crippen LogP contribution in [0.25, 0.3) is 10.2 Å². The van der Waals surface area contributed by atoms with Gasteiger partial charge in [-0.05, 0) is 38.2 Å². The number of hydrogen-bond acceptors (Lipinski definition) is 4. The van der Waals surface area contributed by atoms with Crippen LogP contribution in [0.2, 0.25) is 0 Å². The second-order valence-electron chi connectivity index (χ2n) is 5.22. The van der Waals surface area contributed by atoms with E-state index in [2.05, 4.69) is 4.98 Å². The third-order valence-corrected chi connectivity index (χ3v) is 5.01. The number of thiophene rings is 1. The molecule has 0 atom stereocenters. The lowest BCUT2D eigenvalue weighted by Gasteiger charge is -2.09. The maximum Gasteiger partial charge on any atom is 0.262 e. The molecule has 0 saturated carbocycles. The molecule has 2 heterocycles. The van der Waals surface area contributed by atoms with Crippen LogP contribution in [0.5, 0.6) is 0 Å². The Kier molecular flexibility index (Phi) is 3.33. The maximum atomic E-state index is 12.7. The van der Waals surface area contributed by atoms with E-state index in [1.807, 2.05) is 6.92 Å². The Morgan fingerprint density at radius 2 is 2.25 bits per heavy atom. The number of amides is 1. The number of aryl methyl sites for hydroxylation is 3. The van der Waals surface area contributed by atoms with Gasteiger partial charge >= 0.3 is 0 Å². The highest BCUT2D eigenvalue weighted by Gasteiger charge is 2.22. The molecular weight excluding hydrogens is 274 g/mol. The van der Waals surface area contributed by atoms with Crippen LogP contribution < -0.4 is 11.3 Å². The number of primary amides is 1. The summed E-state index contributed by atoms with van der Waals surface area (Å²) >= 11 is 1.65. The second-order valence-corrected chi connectivity index (χ2v) is 6.31. The lowest BCUT2D eigenvalue weighted by atomic mass is 10.2. The zero-order valence-corrected chi connectivity index (χ0v) is 12.3. The molecule has 3 rings (SSSR count). The SMILES string of the molecule is Cc1nc2sc3c(c2c(=O)n1CCCC(N)=O)CCC3. The summed E-state index contributed by atoms with van der Waals surface area (Å²) in [6, 6.07) is 0. The van der Waals surface area contributed by atoms with Crippen molar-refractivity contribution in [3.8, 4) is 0 Å². The van der Waals surface area contributed by atoms with E-state index in [0.29, 0.717) is 25.2 Å². The minimum absolute atomic E-state index is 0.0383. The van der Waals surface area contributed by atoms with Gasteiger partial charge in [0.05, 0.1) is 5.39 Å². The van der Waals surface area contributed by atoms with Gasteiger partial charge in [0, 0.05) is 17.8 Å². The summed E-state index contributed by atoms with van der Waals surface area (Å²) in [5, 5.41) is 0.798. The van der Waals surface area contributed by atoms with Crippen LogP contribution in [0.3, 0.4) is 0 Å². The number of carbonyl (C=O) groups excluding carboxylic acids is 1. The predicted octanol–water partition coefficient (Wildman–Crippen LogP) is 1.52. The van der Waals surface area contributed by atoms with Crippen molar-refractivity contribution >= 4 is 27.5 Å². The van der Waals surface area contributed by atoms with Crippen molar-refractivity contribution in [2.75, 3.05) is 0 Å². The summed E-state index contributed by atoms with van der Waals surface area (Å²) in [6.45, 7) is 2.34. The Hall–Kier alpha value is -1.69. The molecule has 0 fully saturated rings. The number of rotatable bonds is 4. The molecular formula is C14H17N3O2S. The lowest BCUT2D eigenvalue weighted by molar-refractivity contribution is -0.118. The predicted molar refractivity (Wildman–Crippen MR) is 79.1 cm³/mol. The van der Waals surface area contributed by atoms with Gasteiger partial charge in [-0.15, -0.1) is 11.3 Å². The largest absolute Gasteiger partial charge is 0.370 e. The number of aromatic nitrogens is 2. The quantitative estimate of drug-likeness (QED) is 0.927. The second kappa shape index (κ2) is 5.01. The number of hydrogen-bond donors (Lipinski definition) is 1. The molecule has 5 nitrogen and oxygen atoms in total. The Balaban J connectivity index is 2.04. The summed E-state index contributed by atoms with van der Waals surface area (Å²) in [4.78, 5) is 30.2. The molecule has 0 saturated heterocycles. The zero-order valence-electron chi connectivity index (χ0n) is 11.4. The van der Waals surface area contributed by atoms with Crippen LogP contribution in [-0.4, -0.2) is 15.5 Å². The van der Waals surface area contributed by atoms with E-state index in [-0.39, 0.29) is 11.5 Å². The standard InChI is InChI=1S/C14H17N3O2S/c1-8-16-13-12(9-4-2-5-10(9)20-13)14(19)17(8)7-3-6-11(15)18/h2-7H2,1H3,(H2,15,18). The fourth-order valence-corrected chi connectivity index (χ4v) is 4.15. The van der Waals surface area contributed by atoms with E-state index in [4.69, 9.17) is 5.73 Å². The van der Waals surface area contributed by atoms with Crippen LogP contribution in [0.15, 0.2) is 4.79 Å². The average molecular weight is 291 g/mol. The van der Waals surface area contributed by atoms with Gasteiger partial charge in [-0.25, -0.2) is 4.98 Å². The fraction of sp³-hybridized carbons (Fsp3) is 0.500. The highest BCUT2D eigenvalue weighted by atomic mass is 32.1. The molecule has 2 aromatic heterocycles. The average Bonchev–Trinajstić information content (AvgIpc) is 2.92. The molecule has 0 radical (unpaired) electrons. The van der Waals surface area contributed by atoms with Gasteiger partial charge in [-0.2, -0.15) is 0 Å². The summed E-state index contributed by atoms with van der Waals surface area (Å²) < 4.78 is 1.68. The monoisotopic (exact) mass is 291 g/mol. The van der Waals surface area contributed by atoms with E-state index in [0.717, 1.165) is 29.5 Å². The van der Waals surface area contributed by atoms with Crippen LogP contribution in [0.4, 0.5) is 0 Å². The van der Waals surface area contributed by atoms with Gasteiger partial charge in [0.1, 0.15) is 10.7 Å². The minimum Gasteiger partial charge on any atom is -0.370 e.